The zero-order chi connectivity index (χ0) is 32.2. The molecule has 5 aliphatic rings. The minimum atomic E-state index is -4.34. The average Bonchev–Trinajstić information content (AvgIpc) is 3.80. The molecule has 8 heterocycles. The SMILES string of the molecule is C=C1NC(N)=Nc2c1ncn2[C@@H]1O[C@@]23CO[C@@H]1[C@@H]2OP(O)(=S)OC[C@H]1O[C@@H](n2cnc4c(N)ncnc42)[C@H](F)[C@@H]1OP(=O)(S)OC3. The number of nitrogen functional groups attached to an aromatic ring is 1. The van der Waals surface area contributed by atoms with Crippen molar-refractivity contribution in [2.24, 2.45) is 10.7 Å². The van der Waals surface area contributed by atoms with Crippen molar-refractivity contribution < 1.29 is 46.2 Å². The normalized spacial score (nSPS) is 40.8. The van der Waals surface area contributed by atoms with Crippen LogP contribution < -0.4 is 16.8 Å². The van der Waals surface area contributed by atoms with Crippen molar-refractivity contribution >= 4 is 72.0 Å². The molecule has 24 heteroatoms. The van der Waals surface area contributed by atoms with E-state index in [9.17, 15) is 9.46 Å². The second-order valence-corrected chi connectivity index (χ2v) is 16.6. The van der Waals surface area contributed by atoms with Gasteiger partial charge in [0.1, 0.15) is 47.6 Å². The summed E-state index contributed by atoms with van der Waals surface area (Å²) in [5.41, 5.74) is 11.5. The van der Waals surface area contributed by atoms with Crippen LogP contribution in [0.25, 0.3) is 16.9 Å². The van der Waals surface area contributed by atoms with E-state index in [0.29, 0.717) is 17.2 Å². The predicted octanol–water partition coefficient (Wildman–Crippen LogP) is 0.799. The van der Waals surface area contributed by atoms with Gasteiger partial charge in [-0.15, -0.1) is 0 Å². The molecule has 0 aliphatic carbocycles. The Morgan fingerprint density at radius 3 is 2.76 bits per heavy atom. The summed E-state index contributed by atoms with van der Waals surface area (Å²) in [6, 6.07) is 0. The van der Waals surface area contributed by atoms with Crippen molar-refractivity contribution in [3.05, 3.63) is 31.3 Å². The van der Waals surface area contributed by atoms with Crippen LogP contribution >= 0.6 is 25.8 Å². The number of fused-ring (bicyclic) bond motifs is 3. The van der Waals surface area contributed by atoms with E-state index < -0.39 is 75.4 Å². The van der Waals surface area contributed by atoms with Crippen molar-refractivity contribution in [3.8, 4) is 0 Å². The van der Waals surface area contributed by atoms with Gasteiger partial charge < -0.3 is 40.4 Å². The summed E-state index contributed by atoms with van der Waals surface area (Å²) in [6.07, 6.45) is -5.24. The molecule has 0 amide bonds. The first-order chi connectivity index (χ1) is 21.8. The number of nitrogens with zero attached hydrogens (tertiary/aromatic N) is 7. The van der Waals surface area contributed by atoms with Crippen molar-refractivity contribution in [2.45, 2.75) is 48.6 Å². The first kappa shape index (κ1) is 30.7. The third-order valence-corrected chi connectivity index (χ3v) is 11.2. The Balaban J connectivity index is 1.10. The molecule has 19 nitrogen and oxygen atoms in total. The highest BCUT2D eigenvalue weighted by molar-refractivity contribution is 8.44. The molecule has 10 atom stereocenters. The van der Waals surface area contributed by atoms with Crippen molar-refractivity contribution in [1.29, 1.82) is 0 Å². The maximum Gasteiger partial charge on any atom is 0.386 e. The molecule has 46 heavy (non-hydrogen) atoms. The smallest absolute Gasteiger partial charge is 0.382 e. The van der Waals surface area contributed by atoms with Crippen LogP contribution in [0.15, 0.2) is 30.6 Å². The van der Waals surface area contributed by atoms with Gasteiger partial charge in [0.2, 0.25) is 0 Å². The number of hydrogen-bond acceptors (Lipinski definition) is 17. The molecule has 0 saturated carbocycles. The van der Waals surface area contributed by atoms with Crippen LogP contribution in [-0.4, -0.2) is 95.9 Å². The molecule has 2 bridgehead atoms. The van der Waals surface area contributed by atoms with Gasteiger partial charge >= 0.3 is 13.5 Å². The fraction of sp³-hybridized carbons (Fsp3) is 0.500. The number of nitrogens with one attached hydrogen (secondary N) is 1. The number of thiol groups is 1. The van der Waals surface area contributed by atoms with Gasteiger partial charge in [-0.1, -0.05) is 18.8 Å². The highest BCUT2D eigenvalue weighted by Gasteiger charge is 2.65. The third kappa shape index (κ3) is 4.91. The summed E-state index contributed by atoms with van der Waals surface area (Å²) < 4.78 is 73.9. The number of imidazole rings is 2. The molecule has 2 unspecified atom stereocenters. The summed E-state index contributed by atoms with van der Waals surface area (Å²) in [7, 11) is 0. The molecule has 0 spiro atoms. The van der Waals surface area contributed by atoms with E-state index in [0.717, 1.165) is 0 Å². The second-order valence-electron chi connectivity index (χ2n) is 11.0. The van der Waals surface area contributed by atoms with Gasteiger partial charge in [0.05, 0.1) is 38.2 Å². The van der Waals surface area contributed by atoms with Crippen molar-refractivity contribution in [3.63, 3.8) is 0 Å². The number of hydrogen-bond donors (Lipinski definition) is 5. The molecular weight excluding hydrogens is 693 g/mol. The Kier molecular flexibility index (Phi) is 7.15. The number of rotatable bonds is 2. The number of aromatic nitrogens is 6. The molecule has 0 radical (unpaired) electrons. The van der Waals surface area contributed by atoms with Gasteiger partial charge in [0.15, 0.2) is 41.9 Å². The van der Waals surface area contributed by atoms with E-state index in [1.54, 1.807) is 4.57 Å². The monoisotopic (exact) mass is 718 g/mol. The highest BCUT2D eigenvalue weighted by Crippen LogP contribution is 2.61. The first-order valence-corrected chi connectivity index (χ1v) is 18.8. The van der Waals surface area contributed by atoms with E-state index in [1.165, 1.54) is 23.5 Å². The fourth-order valence-corrected chi connectivity index (χ4v) is 9.00. The summed E-state index contributed by atoms with van der Waals surface area (Å²) in [5.74, 6) is 0.487. The molecule has 246 valence electrons. The lowest BCUT2D eigenvalue weighted by Gasteiger charge is -2.34. The summed E-state index contributed by atoms with van der Waals surface area (Å²) in [5, 5.41) is 2.80. The fourth-order valence-electron chi connectivity index (χ4n) is 6.05. The van der Waals surface area contributed by atoms with Crippen LogP contribution in [0.2, 0.25) is 0 Å². The quantitative estimate of drug-likeness (QED) is 0.182. The van der Waals surface area contributed by atoms with Gasteiger partial charge in [-0.2, -0.15) is 4.99 Å². The van der Waals surface area contributed by atoms with Crippen LogP contribution in [0.5, 0.6) is 0 Å². The summed E-state index contributed by atoms with van der Waals surface area (Å²) in [6.45, 7) is -5.68. The van der Waals surface area contributed by atoms with Crippen LogP contribution in [0.1, 0.15) is 18.1 Å². The third-order valence-electron chi connectivity index (χ3n) is 8.11. The zero-order valence-corrected chi connectivity index (χ0v) is 26.7. The Labute approximate surface area is 268 Å². The van der Waals surface area contributed by atoms with Gasteiger partial charge in [0.25, 0.3) is 0 Å². The second kappa shape index (κ2) is 10.7. The van der Waals surface area contributed by atoms with E-state index in [1.807, 2.05) is 0 Å². The van der Waals surface area contributed by atoms with E-state index in [2.05, 4.69) is 49.1 Å². The molecule has 4 fully saturated rings. The lowest BCUT2D eigenvalue weighted by Crippen LogP contribution is -2.46. The first-order valence-electron chi connectivity index (χ1n) is 13.6. The minimum absolute atomic E-state index is 0.0783. The number of alkyl halides is 1. The predicted molar refractivity (Wildman–Crippen MR) is 162 cm³/mol. The van der Waals surface area contributed by atoms with Gasteiger partial charge in [-0.25, -0.2) is 28.9 Å². The number of halogens is 1. The van der Waals surface area contributed by atoms with E-state index >= 15 is 4.39 Å². The topological polar surface area (TPSA) is 240 Å². The van der Waals surface area contributed by atoms with E-state index in [-0.39, 0.29) is 29.5 Å². The largest absolute Gasteiger partial charge is 0.386 e. The van der Waals surface area contributed by atoms with Gasteiger partial charge in [-0.05, 0) is 11.8 Å². The Bertz CT molecular complexity index is 1900. The number of nitrogens with two attached hydrogens (primary N) is 2. The number of aliphatic imine (C=N–C) groups is 1. The van der Waals surface area contributed by atoms with E-state index in [4.69, 9.17) is 55.6 Å². The lowest BCUT2D eigenvalue weighted by molar-refractivity contribution is -0.183. The molecule has 0 aromatic carbocycles. The maximum atomic E-state index is 16.1. The number of anilines is 1. The highest BCUT2D eigenvalue weighted by atomic mass is 32.7. The van der Waals surface area contributed by atoms with Crippen molar-refractivity contribution in [1.82, 2.24) is 34.4 Å². The van der Waals surface area contributed by atoms with Crippen LogP contribution in [0.4, 0.5) is 16.0 Å². The van der Waals surface area contributed by atoms with Gasteiger partial charge in [0, 0.05) is 0 Å². The lowest BCUT2D eigenvalue weighted by atomic mass is 10.0. The molecule has 6 N–H and O–H groups in total. The molecule has 5 aliphatic heterocycles. The average molecular weight is 719 g/mol. The zero-order valence-electron chi connectivity index (χ0n) is 23.2. The van der Waals surface area contributed by atoms with Crippen LogP contribution in [0.3, 0.4) is 0 Å². The molecule has 4 saturated heterocycles. The molecule has 8 rings (SSSR count). The molecule has 3 aromatic rings. The summed E-state index contributed by atoms with van der Waals surface area (Å²) in [4.78, 5) is 32.0. The standard InChI is InChI=1S/C22H25FN10O9P2S2/c1-8-11-18(31-21(25)30-8)33(6-28-11)20-14-15-22(40-20,3-36-14)4-38-44(35,46)41-13-9(2-37-43(34,45)42-15)39-19(10(13)23)32-7-29-12-16(24)26-5-27-17(12)32/h5-7,9-10,13-15,19-20H,1-4H2,(H,34,45)(H,35,46)(H2,24,26,27)(H3,25,30,31)/t9-,10-,13-,14-,15+,19-,20-,22-,43?,44?/m1/s1. The summed E-state index contributed by atoms with van der Waals surface area (Å²) >= 11 is 9.48. The van der Waals surface area contributed by atoms with Crippen LogP contribution in [-0.2, 0) is 48.7 Å². The number of ether oxygens (including phenoxy) is 3. The minimum Gasteiger partial charge on any atom is -0.382 e. The Morgan fingerprint density at radius 2 is 1.93 bits per heavy atom. The van der Waals surface area contributed by atoms with Gasteiger partial charge in [-0.3, -0.25) is 22.7 Å². The Morgan fingerprint density at radius 1 is 1.13 bits per heavy atom. The molecule has 3 aromatic heterocycles. The van der Waals surface area contributed by atoms with Crippen molar-refractivity contribution in [2.75, 3.05) is 25.6 Å². The Hall–Kier alpha value is -2.59. The number of guanidine groups is 1. The maximum absolute atomic E-state index is 16.1. The van der Waals surface area contributed by atoms with Crippen LogP contribution in [0, 0.1) is 0 Å². The molecular formula is C22H25FN10O9P2S2.